The molecule has 0 aliphatic carbocycles. The highest BCUT2D eigenvalue weighted by atomic mass is 19.4. The molecule has 23 heavy (non-hydrogen) atoms. The van der Waals surface area contributed by atoms with Crippen LogP contribution in [0, 0.1) is 6.92 Å². The molecule has 0 saturated heterocycles. The first-order valence-electron chi connectivity index (χ1n) is 7.58. The van der Waals surface area contributed by atoms with Crippen molar-refractivity contribution in [3.63, 3.8) is 0 Å². The van der Waals surface area contributed by atoms with Crippen molar-refractivity contribution in [2.45, 2.75) is 32.5 Å². The van der Waals surface area contributed by atoms with E-state index in [0.29, 0.717) is 18.5 Å². The minimum absolute atomic E-state index is 0.164. The first kappa shape index (κ1) is 15.8. The molecule has 2 aromatic heterocycles. The van der Waals surface area contributed by atoms with Gasteiger partial charge in [-0.25, -0.2) is 4.98 Å². The summed E-state index contributed by atoms with van der Waals surface area (Å²) < 4.78 is 41.9. The zero-order valence-electron chi connectivity index (χ0n) is 12.8. The third-order valence-corrected chi connectivity index (χ3v) is 4.03. The standard InChI is InChI=1S/C17H18F3N3/c1-11-4-5-12-13-6-8-22-16(17(18,19)20)15(13)23(14(12)10-11)9-3-2-7-21/h4-6,8,10H,2-3,7,9,21H2,1H3. The predicted octanol–water partition coefficient (Wildman–Crippen LogP) is 4.26. The summed E-state index contributed by atoms with van der Waals surface area (Å²) in [6.07, 6.45) is -1.74. The van der Waals surface area contributed by atoms with Crippen molar-refractivity contribution in [3.8, 4) is 0 Å². The fraction of sp³-hybridized carbons (Fsp3) is 0.353. The maximum absolute atomic E-state index is 13.4. The van der Waals surface area contributed by atoms with E-state index >= 15 is 0 Å². The Hall–Kier alpha value is -2.08. The molecule has 6 heteroatoms. The number of nitrogens with two attached hydrogens (primary N) is 1. The van der Waals surface area contributed by atoms with Crippen molar-refractivity contribution < 1.29 is 13.2 Å². The second-order valence-corrected chi connectivity index (χ2v) is 5.72. The summed E-state index contributed by atoms with van der Waals surface area (Å²) in [5, 5.41) is 1.42. The van der Waals surface area contributed by atoms with Crippen LogP contribution in [-0.2, 0) is 12.7 Å². The Labute approximate surface area is 131 Å². The van der Waals surface area contributed by atoms with Crippen molar-refractivity contribution in [1.82, 2.24) is 9.55 Å². The van der Waals surface area contributed by atoms with Crippen molar-refractivity contribution >= 4 is 21.8 Å². The summed E-state index contributed by atoms with van der Waals surface area (Å²) in [5.74, 6) is 0. The molecule has 0 saturated carbocycles. The van der Waals surface area contributed by atoms with E-state index in [0.717, 1.165) is 29.3 Å². The number of unbranched alkanes of at least 4 members (excludes halogenated alkanes) is 1. The van der Waals surface area contributed by atoms with E-state index < -0.39 is 11.9 Å². The Morgan fingerprint density at radius 1 is 1.13 bits per heavy atom. The molecule has 0 radical (unpaired) electrons. The number of alkyl halides is 3. The molecule has 0 bridgehead atoms. The van der Waals surface area contributed by atoms with E-state index in [1.54, 1.807) is 10.6 Å². The first-order valence-corrected chi connectivity index (χ1v) is 7.58. The van der Waals surface area contributed by atoms with Gasteiger partial charge in [0.25, 0.3) is 0 Å². The van der Waals surface area contributed by atoms with E-state index in [9.17, 15) is 13.2 Å². The predicted molar refractivity (Wildman–Crippen MR) is 85.3 cm³/mol. The number of pyridine rings is 1. The van der Waals surface area contributed by atoms with Crippen molar-refractivity contribution in [3.05, 3.63) is 41.7 Å². The van der Waals surface area contributed by atoms with Crippen molar-refractivity contribution in [2.75, 3.05) is 6.54 Å². The number of benzene rings is 1. The summed E-state index contributed by atoms with van der Waals surface area (Å²) in [4.78, 5) is 3.61. The lowest BCUT2D eigenvalue weighted by Gasteiger charge is -2.12. The summed E-state index contributed by atoms with van der Waals surface area (Å²) in [6.45, 7) is 2.96. The van der Waals surface area contributed by atoms with E-state index in [1.807, 2.05) is 25.1 Å². The van der Waals surface area contributed by atoms with Gasteiger partial charge < -0.3 is 10.3 Å². The van der Waals surface area contributed by atoms with Crippen LogP contribution >= 0.6 is 0 Å². The second kappa shape index (κ2) is 5.85. The molecule has 1 aromatic carbocycles. The van der Waals surface area contributed by atoms with Gasteiger partial charge in [-0.1, -0.05) is 12.1 Å². The number of rotatable bonds is 4. The molecule has 3 nitrogen and oxygen atoms in total. The largest absolute Gasteiger partial charge is 0.435 e. The van der Waals surface area contributed by atoms with Gasteiger partial charge in [0.2, 0.25) is 0 Å². The van der Waals surface area contributed by atoms with Crippen LogP contribution in [0.15, 0.2) is 30.5 Å². The Balaban J connectivity index is 2.34. The average molecular weight is 321 g/mol. The Morgan fingerprint density at radius 2 is 1.91 bits per heavy atom. The lowest BCUT2D eigenvalue weighted by molar-refractivity contribution is -0.140. The smallest absolute Gasteiger partial charge is 0.339 e. The van der Waals surface area contributed by atoms with Crippen LogP contribution in [0.25, 0.3) is 21.8 Å². The van der Waals surface area contributed by atoms with Crippen LogP contribution in [-0.4, -0.2) is 16.1 Å². The zero-order valence-corrected chi connectivity index (χ0v) is 12.8. The summed E-state index contributed by atoms with van der Waals surface area (Å²) in [5.41, 5.74) is 6.69. The zero-order chi connectivity index (χ0) is 16.6. The van der Waals surface area contributed by atoms with Crippen molar-refractivity contribution in [1.29, 1.82) is 0 Å². The fourth-order valence-electron chi connectivity index (χ4n) is 3.01. The van der Waals surface area contributed by atoms with E-state index in [1.165, 1.54) is 6.20 Å². The quantitative estimate of drug-likeness (QED) is 0.730. The molecule has 0 unspecified atom stereocenters. The highest BCUT2D eigenvalue weighted by molar-refractivity contribution is 6.09. The highest BCUT2D eigenvalue weighted by Gasteiger charge is 2.36. The molecule has 0 atom stereocenters. The van der Waals surface area contributed by atoms with Crippen LogP contribution in [0.2, 0.25) is 0 Å². The number of aromatic nitrogens is 2. The van der Waals surface area contributed by atoms with Gasteiger partial charge in [0.1, 0.15) is 0 Å². The van der Waals surface area contributed by atoms with E-state index in [4.69, 9.17) is 5.73 Å². The number of aryl methyl sites for hydroxylation is 2. The molecule has 0 aliphatic rings. The van der Waals surface area contributed by atoms with Gasteiger partial charge in [0, 0.05) is 29.0 Å². The lowest BCUT2D eigenvalue weighted by Crippen LogP contribution is -2.11. The molecule has 3 aromatic rings. The first-order chi connectivity index (χ1) is 10.9. The fourth-order valence-corrected chi connectivity index (χ4v) is 3.01. The van der Waals surface area contributed by atoms with Gasteiger partial charge in [0.05, 0.1) is 5.52 Å². The molecule has 122 valence electrons. The van der Waals surface area contributed by atoms with Crippen molar-refractivity contribution in [2.24, 2.45) is 5.73 Å². The van der Waals surface area contributed by atoms with Gasteiger partial charge >= 0.3 is 6.18 Å². The monoisotopic (exact) mass is 321 g/mol. The summed E-state index contributed by atoms with van der Waals surface area (Å²) >= 11 is 0. The Kier molecular flexibility index (Phi) is 4.02. The van der Waals surface area contributed by atoms with Crippen LogP contribution in [0.5, 0.6) is 0 Å². The molecule has 0 spiro atoms. The topological polar surface area (TPSA) is 43.8 Å². The molecule has 2 N–H and O–H groups in total. The van der Waals surface area contributed by atoms with Crippen LogP contribution in [0.3, 0.4) is 0 Å². The molecular weight excluding hydrogens is 303 g/mol. The number of hydrogen-bond acceptors (Lipinski definition) is 2. The summed E-state index contributed by atoms with van der Waals surface area (Å²) in [6, 6.07) is 7.38. The van der Waals surface area contributed by atoms with Crippen LogP contribution in [0.4, 0.5) is 13.2 Å². The maximum atomic E-state index is 13.4. The number of hydrogen-bond donors (Lipinski definition) is 1. The molecular formula is C17H18F3N3. The minimum Gasteiger partial charge on any atom is -0.339 e. The van der Waals surface area contributed by atoms with Gasteiger partial charge in [-0.05, 0) is 44.0 Å². The van der Waals surface area contributed by atoms with Crippen LogP contribution in [0.1, 0.15) is 24.1 Å². The second-order valence-electron chi connectivity index (χ2n) is 5.72. The normalized spacial score (nSPS) is 12.4. The number of fused-ring (bicyclic) bond motifs is 3. The molecule has 0 fully saturated rings. The number of nitrogens with zero attached hydrogens (tertiary/aromatic N) is 2. The van der Waals surface area contributed by atoms with Gasteiger partial charge in [0.15, 0.2) is 5.69 Å². The molecule has 2 heterocycles. The minimum atomic E-state index is -4.48. The average Bonchev–Trinajstić information content (AvgIpc) is 2.80. The SMILES string of the molecule is Cc1ccc2c3ccnc(C(F)(F)F)c3n(CCCCN)c2c1. The van der Waals surface area contributed by atoms with Gasteiger partial charge in [-0.15, -0.1) is 0 Å². The van der Waals surface area contributed by atoms with E-state index in [-0.39, 0.29) is 5.52 Å². The summed E-state index contributed by atoms with van der Waals surface area (Å²) in [7, 11) is 0. The van der Waals surface area contributed by atoms with Gasteiger partial charge in [-0.2, -0.15) is 13.2 Å². The van der Waals surface area contributed by atoms with Gasteiger partial charge in [-0.3, -0.25) is 0 Å². The third kappa shape index (κ3) is 2.79. The molecule has 3 rings (SSSR count). The Bertz CT molecular complexity index is 850. The lowest BCUT2D eigenvalue weighted by atomic mass is 10.1. The number of halogens is 3. The Morgan fingerprint density at radius 3 is 2.61 bits per heavy atom. The highest BCUT2D eigenvalue weighted by Crippen LogP contribution is 2.38. The molecule has 0 amide bonds. The third-order valence-electron chi connectivity index (χ3n) is 4.03. The van der Waals surface area contributed by atoms with Crippen LogP contribution < -0.4 is 5.73 Å². The maximum Gasteiger partial charge on any atom is 0.435 e. The van der Waals surface area contributed by atoms with E-state index in [2.05, 4.69) is 4.98 Å². The molecule has 0 aliphatic heterocycles.